The van der Waals surface area contributed by atoms with E-state index >= 15 is 0 Å². The summed E-state index contributed by atoms with van der Waals surface area (Å²) in [7, 11) is 0. The van der Waals surface area contributed by atoms with Crippen LogP contribution in [0, 0.1) is 10.8 Å². The number of aromatic nitrogens is 3. The lowest BCUT2D eigenvalue weighted by Gasteiger charge is -1.95. The van der Waals surface area contributed by atoms with Crippen LogP contribution in [0.4, 0.5) is 17.8 Å². The lowest BCUT2D eigenvalue weighted by atomic mass is 10.9. The first-order chi connectivity index (χ1) is 8.31. The van der Waals surface area contributed by atoms with E-state index < -0.39 is 0 Å². The van der Waals surface area contributed by atoms with Crippen LogP contribution < -0.4 is 34.0 Å². The fraction of sp³-hybridized carbons (Fsp3) is 0. The van der Waals surface area contributed by atoms with Crippen LogP contribution in [0.25, 0.3) is 0 Å². The van der Waals surface area contributed by atoms with Crippen LogP contribution in [-0.4, -0.2) is 33.7 Å². The van der Waals surface area contributed by atoms with Crippen LogP contribution in [0.3, 0.4) is 0 Å². The van der Waals surface area contributed by atoms with Crippen LogP contribution in [-0.2, 0) is 4.79 Å². The molecule has 0 aliphatic carbocycles. The van der Waals surface area contributed by atoms with Gasteiger partial charge in [-0.25, -0.2) is 0 Å². The molecule has 0 atom stereocenters. The Balaban J connectivity index is 0. The van der Waals surface area contributed by atoms with E-state index in [0.29, 0.717) is 0 Å². The summed E-state index contributed by atoms with van der Waals surface area (Å²) in [5.74, 6) is -0.500. The minimum atomic E-state index is -0.312. The number of carbonyl (C=O) groups excluding carboxylic acids is 1. The number of carbonyl (C=O) groups is 1. The third-order valence-electron chi connectivity index (χ3n) is 0.957. The van der Waals surface area contributed by atoms with Crippen molar-refractivity contribution in [2.45, 2.75) is 0 Å². The monoisotopic (exact) mass is 257 g/mol. The van der Waals surface area contributed by atoms with Crippen molar-refractivity contribution >= 4 is 36.6 Å². The van der Waals surface area contributed by atoms with E-state index in [1.54, 1.807) is 0 Å². The van der Waals surface area contributed by atoms with Gasteiger partial charge in [0.2, 0.25) is 17.8 Å². The van der Waals surface area contributed by atoms with Crippen molar-refractivity contribution in [2.24, 2.45) is 11.5 Å². The van der Waals surface area contributed by atoms with E-state index in [9.17, 15) is 0 Å². The molecule has 0 aromatic carbocycles. The molecule has 0 saturated heterocycles. The Morgan fingerprint density at radius 1 is 0.889 bits per heavy atom. The maximum Gasteiger partial charge on any atom is 0.226 e. The van der Waals surface area contributed by atoms with E-state index in [1.807, 2.05) is 12.1 Å². The summed E-state index contributed by atoms with van der Waals surface area (Å²) < 4.78 is 0. The molecule has 0 amide bonds. The number of nitrogen functional groups attached to an aromatic ring is 3. The number of hydrogen-bond acceptors (Lipinski definition) is 9. The summed E-state index contributed by atoms with van der Waals surface area (Å²) in [6.07, 6.45) is 0. The second-order valence-electron chi connectivity index (χ2n) is 2.36. The number of nitrogens with one attached hydrogen (secondary N) is 3. The Labute approximate surface area is 102 Å². The third-order valence-corrected chi connectivity index (χ3v) is 0.957. The Morgan fingerprint density at radius 3 is 1.22 bits per heavy atom. The molecule has 0 unspecified atom stereocenters. The van der Waals surface area contributed by atoms with Gasteiger partial charge in [0.15, 0.2) is 11.9 Å². The highest BCUT2D eigenvalue weighted by atomic mass is 16.1. The first kappa shape index (κ1) is 17.2. The Morgan fingerprint density at radius 2 is 1.11 bits per heavy atom. The van der Waals surface area contributed by atoms with Crippen LogP contribution in [0.1, 0.15) is 0 Å². The maximum absolute atomic E-state index is 8.00. The molecular formula is C6H15N11O. The zero-order valence-electron chi connectivity index (χ0n) is 9.34. The smallest absolute Gasteiger partial charge is 0.226 e. The first-order valence-corrected chi connectivity index (χ1v) is 4.07. The summed E-state index contributed by atoms with van der Waals surface area (Å²) in [4.78, 5) is 18.5. The number of hydrogen-bond donors (Lipinski definition) is 8. The van der Waals surface area contributed by atoms with Crippen molar-refractivity contribution < 1.29 is 4.79 Å². The number of nitrogens with zero attached hydrogens (tertiary/aromatic N) is 3. The molecule has 1 rings (SSSR count). The predicted octanol–water partition coefficient (Wildman–Crippen LogP) is -3.20. The van der Waals surface area contributed by atoms with Crippen molar-refractivity contribution in [3.05, 3.63) is 0 Å². The normalized spacial score (nSPS) is 7.78. The standard InChI is InChI=1S/C3H6N6.C2H7N5.CH2O/c4-1-7-2(5)9-3(6)8-1;3-1(4)7-2(5)6;1-2/h(H6,4,5,6,7,8,9);(H7,3,4,5,6,7);1H2. The van der Waals surface area contributed by atoms with E-state index in [0.717, 1.165) is 0 Å². The molecule has 100 valence electrons. The average Bonchev–Trinajstić information content (AvgIpc) is 2.16. The average molecular weight is 257 g/mol. The van der Waals surface area contributed by atoms with Crippen LogP contribution in [0.5, 0.6) is 0 Å². The highest BCUT2D eigenvalue weighted by Gasteiger charge is 1.93. The molecule has 0 aliphatic rings. The van der Waals surface area contributed by atoms with Crippen molar-refractivity contribution in [2.75, 3.05) is 17.2 Å². The van der Waals surface area contributed by atoms with Gasteiger partial charge >= 0.3 is 0 Å². The van der Waals surface area contributed by atoms with Gasteiger partial charge in [-0.3, -0.25) is 16.1 Å². The molecule has 1 aromatic rings. The second-order valence-corrected chi connectivity index (χ2v) is 2.36. The quantitative estimate of drug-likeness (QED) is 0.170. The molecule has 0 bridgehead atoms. The van der Waals surface area contributed by atoms with Crippen molar-refractivity contribution in [1.29, 1.82) is 10.8 Å². The first-order valence-electron chi connectivity index (χ1n) is 4.07. The minimum Gasteiger partial charge on any atom is -0.370 e. The third kappa shape index (κ3) is 10.9. The predicted molar refractivity (Wildman–Crippen MR) is 67.1 cm³/mol. The number of anilines is 3. The molecule has 18 heavy (non-hydrogen) atoms. The highest BCUT2D eigenvalue weighted by Crippen LogP contribution is 1.97. The molecular weight excluding hydrogens is 242 g/mol. The lowest BCUT2D eigenvalue weighted by Crippen LogP contribution is -2.39. The lowest BCUT2D eigenvalue weighted by molar-refractivity contribution is -0.0979. The molecule has 0 radical (unpaired) electrons. The Bertz CT molecular complexity index is 342. The number of rotatable bonds is 0. The molecule has 0 saturated carbocycles. The topological polar surface area (TPSA) is 246 Å². The van der Waals surface area contributed by atoms with E-state index in [4.69, 9.17) is 44.3 Å². The van der Waals surface area contributed by atoms with Crippen LogP contribution >= 0.6 is 0 Å². The van der Waals surface area contributed by atoms with Gasteiger partial charge in [-0.2, -0.15) is 15.0 Å². The van der Waals surface area contributed by atoms with E-state index in [-0.39, 0.29) is 29.8 Å². The summed E-state index contributed by atoms with van der Waals surface area (Å²) in [5.41, 5.74) is 24.9. The summed E-state index contributed by atoms with van der Waals surface area (Å²) in [6, 6.07) is 0. The van der Waals surface area contributed by atoms with E-state index in [1.165, 1.54) is 0 Å². The summed E-state index contributed by atoms with van der Waals surface area (Å²) >= 11 is 0. The second kappa shape index (κ2) is 9.08. The fourth-order valence-electron chi connectivity index (χ4n) is 0.572. The summed E-state index contributed by atoms with van der Waals surface area (Å²) in [6.45, 7) is 2.00. The fourth-order valence-corrected chi connectivity index (χ4v) is 0.572. The van der Waals surface area contributed by atoms with E-state index in [2.05, 4.69) is 15.0 Å². The molecule has 12 nitrogen and oxygen atoms in total. The Kier molecular flexibility index (Phi) is 8.68. The van der Waals surface area contributed by atoms with Crippen LogP contribution in [0.15, 0.2) is 0 Å². The van der Waals surface area contributed by atoms with Crippen molar-refractivity contribution in [3.8, 4) is 0 Å². The molecule has 1 heterocycles. The highest BCUT2D eigenvalue weighted by molar-refractivity contribution is 5.93. The van der Waals surface area contributed by atoms with Gasteiger partial charge in [0.05, 0.1) is 0 Å². The zero-order valence-corrected chi connectivity index (χ0v) is 9.34. The van der Waals surface area contributed by atoms with Gasteiger partial charge in [-0.1, -0.05) is 0 Å². The molecule has 12 heteroatoms. The number of nitrogens with two attached hydrogens (primary N) is 5. The zero-order chi connectivity index (χ0) is 14.7. The van der Waals surface area contributed by atoms with Gasteiger partial charge in [-0.05, 0) is 0 Å². The number of guanidine groups is 2. The van der Waals surface area contributed by atoms with Crippen LogP contribution in [0.2, 0.25) is 0 Å². The minimum absolute atomic E-state index is 0.0417. The van der Waals surface area contributed by atoms with Gasteiger partial charge < -0.3 is 33.5 Å². The maximum atomic E-state index is 8.00. The van der Waals surface area contributed by atoms with Gasteiger partial charge in [0, 0.05) is 0 Å². The van der Waals surface area contributed by atoms with Gasteiger partial charge in [0.25, 0.3) is 0 Å². The van der Waals surface area contributed by atoms with Crippen molar-refractivity contribution in [1.82, 2.24) is 20.3 Å². The molecule has 0 aliphatic heterocycles. The SMILES string of the molecule is C=O.N=C(N)NC(=N)N.Nc1nc(N)nc(N)n1. The Hall–Kier alpha value is -3.18. The molecule has 0 spiro atoms. The molecule has 1 aromatic heterocycles. The summed E-state index contributed by atoms with van der Waals surface area (Å²) in [5, 5.41) is 15.0. The molecule has 0 fully saturated rings. The largest absolute Gasteiger partial charge is 0.370 e. The van der Waals surface area contributed by atoms with Gasteiger partial charge in [-0.15, -0.1) is 0 Å². The van der Waals surface area contributed by atoms with Gasteiger partial charge in [0.1, 0.15) is 6.79 Å². The van der Waals surface area contributed by atoms with Crippen molar-refractivity contribution in [3.63, 3.8) is 0 Å². The molecule has 13 N–H and O–H groups in total.